The van der Waals surface area contributed by atoms with Gasteiger partial charge in [0.25, 0.3) is 0 Å². The number of aromatic nitrogens is 2. The summed E-state index contributed by atoms with van der Waals surface area (Å²) in [7, 11) is 0. The molecule has 1 N–H and O–H groups in total. The Labute approximate surface area is 134 Å². The molecule has 0 spiro atoms. The second-order valence-corrected chi connectivity index (χ2v) is 6.04. The Morgan fingerprint density at radius 3 is 2.91 bits per heavy atom. The first-order valence-electron chi connectivity index (χ1n) is 8.06. The molecule has 4 nitrogen and oxygen atoms in total. The first-order valence-corrected chi connectivity index (χ1v) is 8.06. The summed E-state index contributed by atoms with van der Waals surface area (Å²) in [6.07, 6.45) is 9.44. The average molecular weight is 306 g/mol. The summed E-state index contributed by atoms with van der Waals surface area (Å²) in [6, 6.07) is 7.82. The van der Waals surface area contributed by atoms with Crippen LogP contribution in [-0.2, 0) is 17.8 Å². The number of hydrogen-bond acceptors (Lipinski definition) is 3. The zero-order valence-corrected chi connectivity index (χ0v) is 12.8. The van der Waals surface area contributed by atoms with Gasteiger partial charge in [-0.15, -0.1) is 0 Å². The molecule has 0 radical (unpaired) electrons. The largest absolute Gasteiger partial charge is 0.492 e. The molecular weight excluding hydrogens is 288 g/mol. The number of imidazole rings is 1. The van der Waals surface area contributed by atoms with Crippen LogP contribution in [0.1, 0.15) is 41.9 Å². The highest BCUT2D eigenvalue weighted by Crippen LogP contribution is 2.32. The number of ketones is 1. The molecule has 2 aromatic rings. The second-order valence-electron chi connectivity index (χ2n) is 6.04. The van der Waals surface area contributed by atoms with Gasteiger partial charge in [0, 0.05) is 18.5 Å². The van der Waals surface area contributed by atoms with Crippen LogP contribution in [0.4, 0.5) is 0 Å². The minimum atomic E-state index is -0.0349. The maximum absolute atomic E-state index is 12.4. The summed E-state index contributed by atoms with van der Waals surface area (Å²) in [4.78, 5) is 16.7. The molecule has 4 rings (SSSR count). The van der Waals surface area contributed by atoms with Gasteiger partial charge < -0.3 is 9.67 Å². The van der Waals surface area contributed by atoms with Gasteiger partial charge in [0.1, 0.15) is 11.5 Å². The molecule has 0 saturated heterocycles. The van der Waals surface area contributed by atoms with Crippen molar-refractivity contribution in [3.05, 3.63) is 53.0 Å². The molecule has 1 aromatic heterocycles. The second kappa shape index (κ2) is 5.54. The minimum absolute atomic E-state index is 0.0224. The van der Waals surface area contributed by atoms with Crippen molar-refractivity contribution in [2.75, 3.05) is 0 Å². The lowest BCUT2D eigenvalue weighted by atomic mass is 9.91. The summed E-state index contributed by atoms with van der Waals surface area (Å²) in [5.74, 6) is 0.903. The van der Waals surface area contributed by atoms with Crippen molar-refractivity contribution < 1.29 is 9.90 Å². The van der Waals surface area contributed by atoms with Gasteiger partial charge in [0.2, 0.25) is 5.88 Å². The molecule has 116 valence electrons. The number of rotatable bonds is 1. The SMILES string of the molecule is O=C1C=Cc2ccccc2/C1=C/c1c(O)nc2n1CCCCC2. The number of allylic oxidation sites excluding steroid dienone is 2. The van der Waals surface area contributed by atoms with Crippen LogP contribution in [0.25, 0.3) is 17.7 Å². The summed E-state index contributed by atoms with van der Waals surface area (Å²) in [6.45, 7) is 0.841. The molecule has 0 atom stereocenters. The molecule has 23 heavy (non-hydrogen) atoms. The minimum Gasteiger partial charge on any atom is -0.492 e. The standard InChI is InChI=1S/C19H18N2O2/c22-17-10-9-13-6-3-4-7-14(13)15(17)12-16-19(23)20-18-8-2-1-5-11-21(16)18/h3-4,6-7,9-10,12,23H,1-2,5,8,11H2/b15-12-. The first-order chi connectivity index (χ1) is 11.2. The van der Waals surface area contributed by atoms with Crippen molar-refractivity contribution in [3.8, 4) is 5.88 Å². The third kappa shape index (κ3) is 2.40. The summed E-state index contributed by atoms with van der Waals surface area (Å²) in [5, 5.41) is 10.3. The van der Waals surface area contributed by atoms with Crippen LogP contribution in [0, 0.1) is 0 Å². The Balaban J connectivity index is 1.86. The number of carbonyl (C=O) groups excluding carboxylic acids is 1. The van der Waals surface area contributed by atoms with E-state index in [9.17, 15) is 9.90 Å². The molecular formula is C19H18N2O2. The molecule has 4 heteroatoms. The van der Waals surface area contributed by atoms with E-state index in [0.29, 0.717) is 11.3 Å². The van der Waals surface area contributed by atoms with Gasteiger partial charge in [0.15, 0.2) is 5.78 Å². The first kappa shape index (κ1) is 14.0. The fourth-order valence-corrected chi connectivity index (χ4v) is 3.37. The van der Waals surface area contributed by atoms with Crippen LogP contribution < -0.4 is 0 Å². The number of benzene rings is 1. The van der Waals surface area contributed by atoms with Gasteiger partial charge >= 0.3 is 0 Å². The summed E-state index contributed by atoms with van der Waals surface area (Å²) < 4.78 is 2.06. The Bertz CT molecular complexity index is 843. The van der Waals surface area contributed by atoms with Crippen molar-refractivity contribution in [2.45, 2.75) is 32.2 Å². The van der Waals surface area contributed by atoms with Gasteiger partial charge in [-0.3, -0.25) is 4.79 Å². The van der Waals surface area contributed by atoms with Crippen molar-refractivity contribution in [2.24, 2.45) is 0 Å². The Kier molecular flexibility index (Phi) is 3.37. The number of nitrogens with zero attached hydrogens (tertiary/aromatic N) is 2. The maximum Gasteiger partial charge on any atom is 0.237 e. The Morgan fingerprint density at radius 2 is 2.00 bits per heavy atom. The van der Waals surface area contributed by atoms with E-state index >= 15 is 0 Å². The lowest BCUT2D eigenvalue weighted by molar-refractivity contribution is -0.109. The lowest BCUT2D eigenvalue weighted by Gasteiger charge is -2.14. The predicted molar refractivity (Wildman–Crippen MR) is 89.8 cm³/mol. The number of fused-ring (bicyclic) bond motifs is 2. The lowest BCUT2D eigenvalue weighted by Crippen LogP contribution is -2.07. The van der Waals surface area contributed by atoms with Crippen LogP contribution in [-0.4, -0.2) is 20.4 Å². The van der Waals surface area contributed by atoms with E-state index in [2.05, 4.69) is 9.55 Å². The van der Waals surface area contributed by atoms with Gasteiger partial charge in [0.05, 0.1) is 0 Å². The maximum atomic E-state index is 12.4. The van der Waals surface area contributed by atoms with Crippen molar-refractivity contribution in [1.29, 1.82) is 0 Å². The fourth-order valence-electron chi connectivity index (χ4n) is 3.37. The van der Waals surface area contributed by atoms with Crippen molar-refractivity contribution >= 4 is 23.5 Å². The number of carbonyl (C=O) groups is 1. The van der Waals surface area contributed by atoms with Crippen LogP contribution in [0.3, 0.4) is 0 Å². The topological polar surface area (TPSA) is 55.1 Å². The number of hydrogen-bond donors (Lipinski definition) is 1. The zero-order valence-electron chi connectivity index (χ0n) is 12.8. The van der Waals surface area contributed by atoms with Crippen LogP contribution in [0.15, 0.2) is 30.3 Å². The van der Waals surface area contributed by atoms with Gasteiger partial charge in [-0.2, -0.15) is 4.98 Å². The fraction of sp³-hybridized carbons (Fsp3) is 0.263. The van der Waals surface area contributed by atoms with Crippen LogP contribution >= 0.6 is 0 Å². The predicted octanol–water partition coefficient (Wildman–Crippen LogP) is 3.45. The summed E-state index contributed by atoms with van der Waals surface area (Å²) >= 11 is 0. The number of aromatic hydroxyl groups is 1. The highest BCUT2D eigenvalue weighted by molar-refractivity contribution is 6.33. The normalized spacial score (nSPS) is 18.6. The Morgan fingerprint density at radius 1 is 1.13 bits per heavy atom. The molecule has 2 heterocycles. The zero-order chi connectivity index (χ0) is 15.8. The monoisotopic (exact) mass is 306 g/mol. The Hall–Kier alpha value is -2.62. The van der Waals surface area contributed by atoms with E-state index in [0.717, 1.165) is 42.8 Å². The quantitative estimate of drug-likeness (QED) is 0.821. The van der Waals surface area contributed by atoms with E-state index in [1.54, 1.807) is 12.2 Å². The molecule has 0 amide bonds. The van der Waals surface area contributed by atoms with Crippen LogP contribution in [0.2, 0.25) is 0 Å². The molecule has 0 unspecified atom stereocenters. The average Bonchev–Trinajstić information content (AvgIpc) is 2.73. The van der Waals surface area contributed by atoms with E-state index in [4.69, 9.17) is 0 Å². The van der Waals surface area contributed by atoms with Crippen LogP contribution in [0.5, 0.6) is 5.88 Å². The van der Waals surface area contributed by atoms with E-state index < -0.39 is 0 Å². The van der Waals surface area contributed by atoms with E-state index in [-0.39, 0.29) is 11.7 Å². The molecule has 0 fully saturated rings. The smallest absolute Gasteiger partial charge is 0.237 e. The molecule has 0 saturated carbocycles. The number of aryl methyl sites for hydroxylation is 1. The molecule has 2 aliphatic rings. The molecule has 0 bridgehead atoms. The van der Waals surface area contributed by atoms with E-state index in [1.807, 2.05) is 30.3 Å². The van der Waals surface area contributed by atoms with Crippen molar-refractivity contribution in [3.63, 3.8) is 0 Å². The molecule has 1 aliphatic carbocycles. The van der Waals surface area contributed by atoms with Gasteiger partial charge in [-0.25, -0.2) is 0 Å². The molecule has 1 aromatic carbocycles. The highest BCUT2D eigenvalue weighted by Gasteiger charge is 2.21. The van der Waals surface area contributed by atoms with Crippen molar-refractivity contribution in [1.82, 2.24) is 9.55 Å². The van der Waals surface area contributed by atoms with Gasteiger partial charge in [-0.1, -0.05) is 36.8 Å². The van der Waals surface area contributed by atoms with Gasteiger partial charge in [-0.05, 0) is 36.1 Å². The van der Waals surface area contributed by atoms with E-state index in [1.165, 1.54) is 6.42 Å². The molecule has 1 aliphatic heterocycles. The third-order valence-corrected chi connectivity index (χ3v) is 4.56. The third-order valence-electron chi connectivity index (χ3n) is 4.56. The summed E-state index contributed by atoms with van der Waals surface area (Å²) in [5.41, 5.74) is 3.19. The highest BCUT2D eigenvalue weighted by atomic mass is 16.3.